The van der Waals surface area contributed by atoms with Crippen molar-refractivity contribution in [1.82, 2.24) is 5.32 Å². The highest BCUT2D eigenvalue weighted by molar-refractivity contribution is 5.74. The first-order valence-corrected chi connectivity index (χ1v) is 10.1. The molecule has 0 bridgehead atoms. The van der Waals surface area contributed by atoms with E-state index in [1.54, 1.807) is 26.8 Å². The van der Waals surface area contributed by atoms with Crippen LogP contribution in [0.4, 0.5) is 9.18 Å². The van der Waals surface area contributed by atoms with E-state index >= 15 is 0 Å². The van der Waals surface area contributed by atoms with Crippen molar-refractivity contribution in [3.8, 4) is 11.1 Å². The molecule has 0 aromatic heterocycles. The number of aliphatic hydroxyl groups is 1. The molecule has 0 spiro atoms. The smallest absolute Gasteiger partial charge is 0.407 e. The third-order valence-corrected chi connectivity index (χ3v) is 4.88. The fourth-order valence-corrected chi connectivity index (χ4v) is 3.20. The molecular formula is C24H30FNO5. The Balaban J connectivity index is 2.21. The number of halogens is 1. The van der Waals surface area contributed by atoms with Crippen molar-refractivity contribution in [1.29, 1.82) is 0 Å². The number of ether oxygens (including phenoxy) is 1. The lowest BCUT2D eigenvalue weighted by atomic mass is 9.82. The molecule has 0 fully saturated rings. The Morgan fingerprint density at radius 2 is 1.71 bits per heavy atom. The summed E-state index contributed by atoms with van der Waals surface area (Å²) in [5, 5.41) is 21.9. The quantitative estimate of drug-likeness (QED) is 0.576. The molecular weight excluding hydrogens is 401 g/mol. The SMILES string of the molecule is CC(C)(C)OC(=O)N[C@H](Cc1ccc(-c2cccc(F)c2)cc1)C[C@@](C)(CO)C(=O)O. The second kappa shape index (κ2) is 9.92. The van der Waals surface area contributed by atoms with Gasteiger partial charge in [-0.15, -0.1) is 0 Å². The zero-order valence-corrected chi connectivity index (χ0v) is 18.3. The summed E-state index contributed by atoms with van der Waals surface area (Å²) in [7, 11) is 0. The van der Waals surface area contributed by atoms with Gasteiger partial charge in [-0.3, -0.25) is 4.79 Å². The minimum absolute atomic E-state index is 0.0176. The molecule has 168 valence electrons. The van der Waals surface area contributed by atoms with E-state index in [0.29, 0.717) is 6.42 Å². The van der Waals surface area contributed by atoms with Crippen LogP contribution in [0.15, 0.2) is 48.5 Å². The van der Waals surface area contributed by atoms with Crippen molar-refractivity contribution in [3.05, 3.63) is 59.9 Å². The number of benzene rings is 2. The van der Waals surface area contributed by atoms with Crippen LogP contribution in [0.25, 0.3) is 11.1 Å². The number of nitrogens with one attached hydrogen (secondary N) is 1. The molecule has 2 aromatic rings. The number of rotatable bonds is 8. The summed E-state index contributed by atoms with van der Waals surface area (Å²) in [4.78, 5) is 23.9. The molecule has 0 heterocycles. The Labute approximate surface area is 182 Å². The molecule has 0 aliphatic rings. The standard InChI is InChI=1S/C24H30FNO5/c1-23(2,3)31-22(30)26-20(14-24(4,15-27)21(28)29)12-16-8-10-17(11-9-16)18-6-5-7-19(25)13-18/h5-11,13,20,27H,12,14-15H2,1-4H3,(H,26,30)(H,28,29)/t20-,24+/m1/s1. The number of carbonyl (C=O) groups excluding carboxylic acids is 1. The van der Waals surface area contributed by atoms with Crippen molar-refractivity contribution < 1.29 is 28.9 Å². The third-order valence-electron chi connectivity index (χ3n) is 4.88. The van der Waals surface area contributed by atoms with Gasteiger partial charge in [-0.1, -0.05) is 36.4 Å². The minimum Gasteiger partial charge on any atom is -0.481 e. The molecule has 2 aromatic carbocycles. The van der Waals surface area contributed by atoms with Gasteiger partial charge in [0.25, 0.3) is 0 Å². The summed E-state index contributed by atoms with van der Waals surface area (Å²) < 4.78 is 18.8. The summed E-state index contributed by atoms with van der Waals surface area (Å²) in [6.45, 7) is 6.09. The van der Waals surface area contributed by atoms with E-state index in [1.165, 1.54) is 19.1 Å². The lowest BCUT2D eigenvalue weighted by molar-refractivity contribution is -0.151. The van der Waals surface area contributed by atoms with Crippen LogP contribution in [-0.2, 0) is 16.0 Å². The first-order chi connectivity index (χ1) is 14.4. The third kappa shape index (κ3) is 7.36. The van der Waals surface area contributed by atoms with Crippen molar-refractivity contribution >= 4 is 12.1 Å². The maximum Gasteiger partial charge on any atom is 0.407 e. The van der Waals surface area contributed by atoms with Crippen LogP contribution >= 0.6 is 0 Å². The van der Waals surface area contributed by atoms with Crippen molar-refractivity contribution in [3.63, 3.8) is 0 Å². The minimum atomic E-state index is -1.42. The van der Waals surface area contributed by atoms with E-state index in [1.807, 2.05) is 30.3 Å². The molecule has 0 radical (unpaired) electrons. The van der Waals surface area contributed by atoms with Crippen LogP contribution in [0.1, 0.15) is 39.7 Å². The van der Waals surface area contributed by atoms with Gasteiger partial charge in [-0.25, -0.2) is 9.18 Å². The fraction of sp³-hybridized carbons (Fsp3) is 0.417. The monoisotopic (exact) mass is 431 g/mol. The predicted molar refractivity (Wildman–Crippen MR) is 116 cm³/mol. The van der Waals surface area contributed by atoms with Crippen molar-refractivity contribution in [2.45, 2.75) is 52.2 Å². The fourth-order valence-electron chi connectivity index (χ4n) is 3.20. The van der Waals surface area contributed by atoms with E-state index in [9.17, 15) is 24.2 Å². The molecule has 2 rings (SSSR count). The Kier molecular flexibility index (Phi) is 7.79. The highest BCUT2D eigenvalue weighted by atomic mass is 19.1. The Hall–Kier alpha value is -2.93. The number of hydrogen-bond donors (Lipinski definition) is 3. The van der Waals surface area contributed by atoms with Crippen molar-refractivity contribution in [2.24, 2.45) is 5.41 Å². The normalized spacial score (nSPS) is 14.4. The molecule has 1 amide bonds. The molecule has 6 nitrogen and oxygen atoms in total. The van der Waals surface area contributed by atoms with Gasteiger partial charge in [0.2, 0.25) is 0 Å². The Morgan fingerprint density at radius 1 is 1.06 bits per heavy atom. The first kappa shape index (κ1) is 24.3. The molecule has 0 unspecified atom stereocenters. The van der Waals surface area contributed by atoms with Crippen LogP contribution in [0.5, 0.6) is 0 Å². The molecule has 3 N–H and O–H groups in total. The molecule has 0 saturated carbocycles. The Bertz CT molecular complexity index is 907. The van der Waals surface area contributed by atoms with E-state index < -0.39 is 35.7 Å². The van der Waals surface area contributed by atoms with Gasteiger partial charge in [0.05, 0.1) is 12.0 Å². The lowest BCUT2D eigenvalue weighted by Gasteiger charge is -2.29. The summed E-state index contributed by atoms with van der Waals surface area (Å²) >= 11 is 0. The molecule has 0 saturated heterocycles. The highest BCUT2D eigenvalue weighted by Gasteiger charge is 2.36. The van der Waals surface area contributed by atoms with Crippen molar-refractivity contribution in [2.75, 3.05) is 6.61 Å². The first-order valence-electron chi connectivity index (χ1n) is 10.1. The number of carbonyl (C=O) groups is 2. The van der Waals surface area contributed by atoms with Gasteiger partial charge in [-0.05, 0) is 69.4 Å². The maximum absolute atomic E-state index is 13.5. The number of carboxylic acid groups (broad SMARTS) is 1. The van der Waals surface area contributed by atoms with Gasteiger partial charge < -0.3 is 20.3 Å². The van der Waals surface area contributed by atoms with Gasteiger partial charge in [0, 0.05) is 6.04 Å². The maximum atomic E-state index is 13.5. The zero-order chi connectivity index (χ0) is 23.2. The summed E-state index contributed by atoms with van der Waals surface area (Å²) in [5.74, 6) is -1.47. The number of amides is 1. The van der Waals surface area contributed by atoms with Gasteiger partial charge >= 0.3 is 12.1 Å². The molecule has 7 heteroatoms. The van der Waals surface area contributed by atoms with Crippen LogP contribution in [0, 0.1) is 11.2 Å². The van der Waals surface area contributed by atoms with Crippen LogP contribution in [-0.4, -0.2) is 40.5 Å². The zero-order valence-electron chi connectivity index (χ0n) is 18.3. The van der Waals surface area contributed by atoms with Crippen LogP contribution in [0.2, 0.25) is 0 Å². The lowest BCUT2D eigenvalue weighted by Crippen LogP contribution is -2.45. The second-order valence-electron chi connectivity index (χ2n) is 8.98. The second-order valence-corrected chi connectivity index (χ2v) is 8.98. The highest BCUT2D eigenvalue weighted by Crippen LogP contribution is 2.26. The summed E-state index contributed by atoms with van der Waals surface area (Å²) in [5.41, 5.74) is 0.321. The Morgan fingerprint density at radius 3 is 2.23 bits per heavy atom. The molecule has 31 heavy (non-hydrogen) atoms. The average molecular weight is 432 g/mol. The van der Waals surface area contributed by atoms with Crippen LogP contribution < -0.4 is 5.32 Å². The molecule has 2 atom stereocenters. The summed E-state index contributed by atoms with van der Waals surface area (Å²) in [6.07, 6.45) is -0.297. The largest absolute Gasteiger partial charge is 0.481 e. The summed E-state index contributed by atoms with van der Waals surface area (Å²) in [6, 6.07) is 13.1. The number of carboxylic acids is 1. The van der Waals surface area contributed by atoms with E-state index in [-0.39, 0.29) is 12.2 Å². The topological polar surface area (TPSA) is 95.9 Å². The predicted octanol–water partition coefficient (Wildman–Crippen LogP) is 4.40. The van der Waals surface area contributed by atoms with Gasteiger partial charge in [0.1, 0.15) is 11.4 Å². The van der Waals surface area contributed by atoms with E-state index in [4.69, 9.17) is 4.74 Å². The average Bonchev–Trinajstić information content (AvgIpc) is 2.66. The number of hydrogen-bond acceptors (Lipinski definition) is 4. The van der Waals surface area contributed by atoms with Gasteiger partial charge in [0.15, 0.2) is 0 Å². The van der Waals surface area contributed by atoms with Gasteiger partial charge in [-0.2, -0.15) is 0 Å². The number of alkyl carbamates (subject to hydrolysis) is 1. The van der Waals surface area contributed by atoms with E-state index in [2.05, 4.69) is 5.32 Å². The van der Waals surface area contributed by atoms with Crippen LogP contribution in [0.3, 0.4) is 0 Å². The number of aliphatic hydroxyl groups excluding tert-OH is 1. The van der Waals surface area contributed by atoms with E-state index in [0.717, 1.165) is 16.7 Å². The molecule has 0 aliphatic heterocycles. The molecule has 0 aliphatic carbocycles. The number of aliphatic carboxylic acids is 1.